The zero-order chi connectivity index (χ0) is 18.8. The molecule has 6 nitrogen and oxygen atoms in total. The largest absolute Gasteiger partial charge is 0.497 e. The smallest absolute Gasteiger partial charge is 0.326 e. The fourth-order valence-corrected chi connectivity index (χ4v) is 3.56. The van der Waals surface area contributed by atoms with Gasteiger partial charge in [-0.3, -0.25) is 4.79 Å². The molecule has 0 radical (unpaired) electrons. The van der Waals surface area contributed by atoms with Crippen molar-refractivity contribution in [3.63, 3.8) is 0 Å². The predicted molar refractivity (Wildman–Crippen MR) is 99.3 cm³/mol. The SMILES string of the molecule is COc1ccc(C(=O)N[C@H]2C[C@H](C(=O)O)Nc3cc(Cl)cc(Cl)c32)cc1. The van der Waals surface area contributed by atoms with Gasteiger partial charge in [0.05, 0.1) is 13.2 Å². The first-order valence-corrected chi connectivity index (χ1v) is 8.58. The highest BCUT2D eigenvalue weighted by Gasteiger charge is 2.33. The van der Waals surface area contributed by atoms with Gasteiger partial charge in [-0.2, -0.15) is 0 Å². The highest BCUT2D eigenvalue weighted by atomic mass is 35.5. The molecule has 2 aromatic rings. The predicted octanol–water partition coefficient (Wildman–Crippen LogP) is 3.74. The Bertz CT molecular complexity index is 855. The molecule has 1 heterocycles. The van der Waals surface area contributed by atoms with Crippen LogP contribution in [0.15, 0.2) is 36.4 Å². The first kappa shape index (κ1) is 18.4. The van der Waals surface area contributed by atoms with E-state index < -0.39 is 18.1 Å². The first-order chi connectivity index (χ1) is 12.4. The summed E-state index contributed by atoms with van der Waals surface area (Å²) in [5.41, 5.74) is 1.56. The van der Waals surface area contributed by atoms with Crippen LogP contribution in [0.2, 0.25) is 10.0 Å². The van der Waals surface area contributed by atoms with E-state index in [0.717, 1.165) is 0 Å². The lowest BCUT2D eigenvalue weighted by Crippen LogP contribution is -2.41. The second kappa shape index (κ2) is 7.43. The van der Waals surface area contributed by atoms with E-state index in [0.29, 0.717) is 32.6 Å². The number of nitrogens with one attached hydrogen (secondary N) is 2. The first-order valence-electron chi connectivity index (χ1n) is 7.82. The van der Waals surface area contributed by atoms with Crippen molar-refractivity contribution in [3.8, 4) is 5.75 Å². The number of ether oxygens (including phenoxy) is 1. The molecule has 0 bridgehead atoms. The molecule has 0 saturated carbocycles. The standard InChI is InChI=1S/C18H16Cl2N2O4/c1-26-11-4-2-9(3-5-11)17(23)22-14-8-15(18(24)25)21-13-7-10(19)6-12(20)16(13)14/h2-7,14-15,21H,8H2,1H3,(H,22,23)(H,24,25)/t14-,15+/m0/s1. The molecule has 0 aliphatic carbocycles. The van der Waals surface area contributed by atoms with Crippen LogP contribution in [0.4, 0.5) is 5.69 Å². The van der Waals surface area contributed by atoms with E-state index in [1.165, 1.54) is 0 Å². The van der Waals surface area contributed by atoms with E-state index in [4.69, 9.17) is 27.9 Å². The Morgan fingerprint density at radius 3 is 2.54 bits per heavy atom. The van der Waals surface area contributed by atoms with Crippen LogP contribution >= 0.6 is 23.2 Å². The highest BCUT2D eigenvalue weighted by Crippen LogP contribution is 2.40. The summed E-state index contributed by atoms with van der Waals surface area (Å²) in [6.45, 7) is 0. The van der Waals surface area contributed by atoms with Gasteiger partial charge in [-0.15, -0.1) is 0 Å². The molecule has 2 atom stereocenters. The van der Waals surface area contributed by atoms with Crippen LogP contribution in [0.1, 0.15) is 28.4 Å². The molecule has 1 aliphatic heterocycles. The van der Waals surface area contributed by atoms with Gasteiger partial charge in [0.1, 0.15) is 11.8 Å². The molecule has 8 heteroatoms. The molecule has 0 saturated heterocycles. The molecule has 3 rings (SSSR count). The summed E-state index contributed by atoms with van der Waals surface area (Å²) in [6, 6.07) is 8.37. The van der Waals surface area contributed by atoms with Crippen molar-refractivity contribution in [1.29, 1.82) is 0 Å². The van der Waals surface area contributed by atoms with Crippen LogP contribution in [-0.4, -0.2) is 30.1 Å². The van der Waals surface area contributed by atoms with Crippen molar-refractivity contribution in [2.45, 2.75) is 18.5 Å². The fourth-order valence-electron chi connectivity index (χ4n) is 2.94. The van der Waals surface area contributed by atoms with Crippen molar-refractivity contribution in [1.82, 2.24) is 5.32 Å². The van der Waals surface area contributed by atoms with Crippen molar-refractivity contribution in [3.05, 3.63) is 57.6 Å². The Balaban J connectivity index is 1.90. The van der Waals surface area contributed by atoms with Gasteiger partial charge in [0.25, 0.3) is 5.91 Å². The quantitative estimate of drug-likeness (QED) is 0.734. The van der Waals surface area contributed by atoms with Gasteiger partial charge in [0, 0.05) is 33.3 Å². The maximum absolute atomic E-state index is 12.6. The van der Waals surface area contributed by atoms with E-state index in [1.54, 1.807) is 43.5 Å². The average Bonchev–Trinajstić information content (AvgIpc) is 2.60. The van der Waals surface area contributed by atoms with Crippen LogP contribution in [0.5, 0.6) is 5.75 Å². The second-order valence-electron chi connectivity index (χ2n) is 5.87. The number of carbonyl (C=O) groups excluding carboxylic acids is 1. The van der Waals surface area contributed by atoms with Gasteiger partial charge in [-0.25, -0.2) is 4.79 Å². The second-order valence-corrected chi connectivity index (χ2v) is 6.72. The summed E-state index contributed by atoms with van der Waals surface area (Å²) < 4.78 is 5.08. The monoisotopic (exact) mass is 394 g/mol. The zero-order valence-corrected chi connectivity index (χ0v) is 15.3. The molecule has 0 aromatic heterocycles. The van der Waals surface area contributed by atoms with E-state index in [2.05, 4.69) is 10.6 Å². The van der Waals surface area contributed by atoms with Gasteiger partial charge in [-0.1, -0.05) is 23.2 Å². The lowest BCUT2D eigenvalue weighted by atomic mass is 9.92. The molecule has 1 amide bonds. The molecule has 0 unspecified atom stereocenters. The van der Waals surface area contributed by atoms with Gasteiger partial charge >= 0.3 is 5.97 Å². The summed E-state index contributed by atoms with van der Waals surface area (Å²) in [5.74, 6) is -0.714. The Morgan fingerprint density at radius 1 is 1.23 bits per heavy atom. The molecule has 1 aliphatic rings. The van der Waals surface area contributed by atoms with Crippen LogP contribution < -0.4 is 15.4 Å². The minimum atomic E-state index is -1.02. The molecule has 0 spiro atoms. The fraction of sp³-hybridized carbons (Fsp3) is 0.222. The number of amides is 1. The van der Waals surface area contributed by atoms with Crippen molar-refractivity contribution in [2.24, 2.45) is 0 Å². The number of hydrogen-bond donors (Lipinski definition) is 3. The van der Waals surface area contributed by atoms with Gasteiger partial charge in [0.2, 0.25) is 0 Å². The summed E-state index contributed by atoms with van der Waals surface area (Å²) in [5, 5.41) is 15.9. The van der Waals surface area contributed by atoms with Gasteiger partial charge in [-0.05, 0) is 36.4 Å². The maximum atomic E-state index is 12.6. The lowest BCUT2D eigenvalue weighted by molar-refractivity contribution is -0.138. The number of rotatable bonds is 4. The Morgan fingerprint density at radius 2 is 1.92 bits per heavy atom. The minimum absolute atomic E-state index is 0.158. The topological polar surface area (TPSA) is 87.7 Å². The van der Waals surface area contributed by atoms with Crippen molar-refractivity contribution >= 4 is 40.8 Å². The van der Waals surface area contributed by atoms with Crippen LogP contribution in [0, 0.1) is 0 Å². The van der Waals surface area contributed by atoms with Gasteiger partial charge < -0.3 is 20.5 Å². The van der Waals surface area contributed by atoms with E-state index in [9.17, 15) is 14.7 Å². The highest BCUT2D eigenvalue weighted by molar-refractivity contribution is 6.35. The number of anilines is 1. The van der Waals surface area contributed by atoms with Crippen LogP contribution in [-0.2, 0) is 4.79 Å². The molecule has 0 fully saturated rings. The number of carboxylic acids is 1. The zero-order valence-electron chi connectivity index (χ0n) is 13.8. The van der Waals surface area contributed by atoms with E-state index >= 15 is 0 Å². The third kappa shape index (κ3) is 3.71. The summed E-state index contributed by atoms with van der Waals surface area (Å²) >= 11 is 12.3. The summed E-state index contributed by atoms with van der Waals surface area (Å²) in [7, 11) is 1.54. The number of fused-ring (bicyclic) bond motifs is 1. The number of carbonyl (C=O) groups is 2. The Labute approximate surface area is 160 Å². The number of benzene rings is 2. The third-order valence-corrected chi connectivity index (χ3v) is 4.73. The van der Waals surface area contributed by atoms with E-state index in [1.807, 2.05) is 0 Å². The average molecular weight is 395 g/mol. The molecule has 3 N–H and O–H groups in total. The Kier molecular flexibility index (Phi) is 5.25. The van der Waals surface area contributed by atoms with Crippen molar-refractivity contribution in [2.75, 3.05) is 12.4 Å². The Hall–Kier alpha value is -2.44. The summed E-state index contributed by atoms with van der Waals surface area (Å²) in [4.78, 5) is 24.0. The van der Waals surface area contributed by atoms with Gasteiger partial charge in [0.15, 0.2) is 0 Å². The van der Waals surface area contributed by atoms with Crippen LogP contribution in [0.3, 0.4) is 0 Å². The molecule has 26 heavy (non-hydrogen) atoms. The van der Waals surface area contributed by atoms with Crippen molar-refractivity contribution < 1.29 is 19.4 Å². The third-order valence-electron chi connectivity index (χ3n) is 4.20. The lowest BCUT2D eigenvalue weighted by Gasteiger charge is -2.32. The van der Waals surface area contributed by atoms with Crippen LogP contribution in [0.25, 0.3) is 0 Å². The van der Waals surface area contributed by atoms with E-state index in [-0.39, 0.29) is 12.3 Å². The number of halogens is 2. The summed E-state index contributed by atoms with van der Waals surface area (Å²) in [6.07, 6.45) is 0.158. The number of aliphatic carboxylic acids is 1. The maximum Gasteiger partial charge on any atom is 0.326 e. The normalized spacial score (nSPS) is 18.4. The minimum Gasteiger partial charge on any atom is -0.497 e. The number of carboxylic acid groups (broad SMARTS) is 1. The molecular weight excluding hydrogens is 379 g/mol. The molecule has 136 valence electrons. The molecule has 2 aromatic carbocycles. The molecular formula is C18H16Cl2N2O4. The number of methoxy groups -OCH3 is 1. The number of hydrogen-bond acceptors (Lipinski definition) is 4.